The third kappa shape index (κ3) is 3.01. The zero-order valence-corrected chi connectivity index (χ0v) is 12.3. The van der Waals surface area contributed by atoms with Crippen molar-refractivity contribution < 1.29 is 4.42 Å². The Morgan fingerprint density at radius 3 is 2.68 bits per heavy atom. The van der Waals surface area contributed by atoms with Crippen LogP contribution in [-0.2, 0) is 0 Å². The van der Waals surface area contributed by atoms with E-state index in [1.807, 2.05) is 0 Å². The lowest BCUT2D eigenvalue weighted by molar-refractivity contribution is 0.337. The van der Waals surface area contributed by atoms with E-state index in [2.05, 4.69) is 45.0 Å². The van der Waals surface area contributed by atoms with E-state index in [1.165, 1.54) is 24.8 Å². The summed E-state index contributed by atoms with van der Waals surface area (Å²) < 4.78 is 6.00. The quantitative estimate of drug-likeness (QED) is 0.796. The fourth-order valence-corrected chi connectivity index (χ4v) is 2.73. The minimum Gasteiger partial charge on any atom is -0.459 e. The summed E-state index contributed by atoms with van der Waals surface area (Å²) in [6.07, 6.45) is 4.76. The Morgan fingerprint density at radius 1 is 1.26 bits per heavy atom. The van der Waals surface area contributed by atoms with Gasteiger partial charge < -0.3 is 10.2 Å². The van der Waals surface area contributed by atoms with Crippen LogP contribution in [-0.4, -0.2) is 0 Å². The smallest absolute Gasteiger partial charge is 0.137 e. The van der Waals surface area contributed by atoms with E-state index in [4.69, 9.17) is 10.2 Å². The molecule has 2 atom stereocenters. The summed E-state index contributed by atoms with van der Waals surface area (Å²) in [6.45, 7) is 6.52. The van der Waals surface area contributed by atoms with E-state index in [0.717, 1.165) is 23.2 Å². The molecule has 1 aromatic carbocycles. The standard InChI is InChI=1S/C17H25NO/c1-4-6-9-13(5-2)16(18)15-11-14-10-7-8-12(3)17(14)19-15/h7-8,10-11,13,16H,4-6,9,18H2,1-3H3. The van der Waals surface area contributed by atoms with Gasteiger partial charge in [0.1, 0.15) is 11.3 Å². The van der Waals surface area contributed by atoms with Crippen LogP contribution in [0.15, 0.2) is 28.7 Å². The maximum atomic E-state index is 6.41. The predicted octanol–water partition coefficient (Wildman–Crippen LogP) is 4.96. The number of fused-ring (bicyclic) bond motifs is 1. The van der Waals surface area contributed by atoms with Crippen LogP contribution in [0.2, 0.25) is 0 Å². The van der Waals surface area contributed by atoms with Gasteiger partial charge in [0.05, 0.1) is 6.04 Å². The fourth-order valence-electron chi connectivity index (χ4n) is 2.73. The Kier molecular flexibility index (Phi) is 4.65. The predicted molar refractivity (Wildman–Crippen MR) is 81.2 cm³/mol. The first-order valence-corrected chi connectivity index (χ1v) is 7.42. The van der Waals surface area contributed by atoms with Crippen molar-refractivity contribution in [3.05, 3.63) is 35.6 Å². The third-order valence-electron chi connectivity index (χ3n) is 4.05. The van der Waals surface area contributed by atoms with E-state index >= 15 is 0 Å². The van der Waals surface area contributed by atoms with Gasteiger partial charge in [0, 0.05) is 5.39 Å². The minimum atomic E-state index is 0.0170. The molecule has 2 rings (SSSR count). The molecule has 0 aliphatic carbocycles. The molecule has 0 aliphatic rings. The monoisotopic (exact) mass is 259 g/mol. The Balaban J connectivity index is 2.24. The van der Waals surface area contributed by atoms with Crippen molar-refractivity contribution in [2.75, 3.05) is 0 Å². The molecule has 0 saturated carbocycles. The summed E-state index contributed by atoms with van der Waals surface area (Å²) in [5.41, 5.74) is 8.57. The normalized spacial score (nSPS) is 14.7. The molecule has 2 unspecified atom stereocenters. The number of para-hydroxylation sites is 1. The number of rotatable bonds is 6. The van der Waals surface area contributed by atoms with Crippen molar-refractivity contribution in [2.45, 2.75) is 52.5 Å². The summed E-state index contributed by atoms with van der Waals surface area (Å²) in [7, 11) is 0. The molecule has 2 N–H and O–H groups in total. The molecule has 0 bridgehead atoms. The summed E-state index contributed by atoms with van der Waals surface area (Å²) in [5, 5.41) is 1.16. The van der Waals surface area contributed by atoms with E-state index in [1.54, 1.807) is 0 Å². The molecule has 2 nitrogen and oxygen atoms in total. The van der Waals surface area contributed by atoms with Crippen LogP contribution in [0.4, 0.5) is 0 Å². The highest BCUT2D eigenvalue weighted by molar-refractivity contribution is 5.80. The Bertz CT molecular complexity index is 529. The van der Waals surface area contributed by atoms with Gasteiger partial charge in [0.25, 0.3) is 0 Å². The summed E-state index contributed by atoms with van der Waals surface area (Å²) in [6, 6.07) is 8.37. The van der Waals surface area contributed by atoms with Gasteiger partial charge >= 0.3 is 0 Å². The summed E-state index contributed by atoms with van der Waals surface area (Å²) in [4.78, 5) is 0. The average Bonchev–Trinajstić information content (AvgIpc) is 2.85. The topological polar surface area (TPSA) is 39.2 Å². The summed E-state index contributed by atoms with van der Waals surface area (Å²) in [5.74, 6) is 1.45. The largest absolute Gasteiger partial charge is 0.459 e. The number of hydrogen-bond acceptors (Lipinski definition) is 2. The molecule has 0 spiro atoms. The van der Waals surface area contributed by atoms with Crippen LogP contribution in [0.3, 0.4) is 0 Å². The second-order valence-electron chi connectivity index (χ2n) is 5.48. The zero-order valence-electron chi connectivity index (χ0n) is 12.3. The third-order valence-corrected chi connectivity index (χ3v) is 4.05. The number of unbranched alkanes of at least 4 members (excludes halogenated alkanes) is 1. The highest BCUT2D eigenvalue weighted by Crippen LogP contribution is 2.31. The van der Waals surface area contributed by atoms with Crippen molar-refractivity contribution in [3.8, 4) is 0 Å². The van der Waals surface area contributed by atoms with Gasteiger partial charge in [-0.05, 0) is 30.9 Å². The second kappa shape index (κ2) is 6.25. The molecule has 1 heterocycles. The first kappa shape index (κ1) is 14.1. The lowest BCUT2D eigenvalue weighted by atomic mass is 9.90. The lowest BCUT2D eigenvalue weighted by Crippen LogP contribution is -2.20. The average molecular weight is 259 g/mol. The Hall–Kier alpha value is -1.28. The molecular formula is C17H25NO. The molecule has 0 saturated heterocycles. The van der Waals surface area contributed by atoms with E-state index < -0.39 is 0 Å². The first-order valence-electron chi connectivity index (χ1n) is 7.42. The highest BCUT2D eigenvalue weighted by Gasteiger charge is 2.21. The van der Waals surface area contributed by atoms with Crippen molar-refractivity contribution in [2.24, 2.45) is 11.7 Å². The Morgan fingerprint density at radius 2 is 2.05 bits per heavy atom. The van der Waals surface area contributed by atoms with Gasteiger partial charge in [-0.15, -0.1) is 0 Å². The van der Waals surface area contributed by atoms with E-state index in [9.17, 15) is 0 Å². The van der Waals surface area contributed by atoms with E-state index in [-0.39, 0.29) is 6.04 Å². The minimum absolute atomic E-state index is 0.0170. The number of aryl methyl sites for hydroxylation is 1. The number of furan rings is 1. The van der Waals surface area contributed by atoms with Crippen LogP contribution in [0, 0.1) is 12.8 Å². The van der Waals surface area contributed by atoms with E-state index in [0.29, 0.717) is 5.92 Å². The van der Waals surface area contributed by atoms with Crippen molar-refractivity contribution in [3.63, 3.8) is 0 Å². The SMILES string of the molecule is CCCCC(CC)C(N)c1cc2cccc(C)c2o1. The fraction of sp³-hybridized carbons (Fsp3) is 0.529. The highest BCUT2D eigenvalue weighted by atomic mass is 16.3. The van der Waals surface area contributed by atoms with Crippen LogP contribution >= 0.6 is 0 Å². The van der Waals surface area contributed by atoms with Gasteiger partial charge in [0.15, 0.2) is 0 Å². The zero-order chi connectivity index (χ0) is 13.8. The molecule has 2 aromatic rings. The van der Waals surface area contributed by atoms with Crippen LogP contribution in [0.25, 0.3) is 11.0 Å². The molecule has 0 amide bonds. The maximum absolute atomic E-state index is 6.41. The summed E-state index contributed by atoms with van der Waals surface area (Å²) >= 11 is 0. The van der Waals surface area contributed by atoms with Crippen molar-refractivity contribution in [1.82, 2.24) is 0 Å². The molecule has 104 valence electrons. The number of nitrogens with two attached hydrogens (primary N) is 1. The lowest BCUT2D eigenvalue weighted by Gasteiger charge is -2.20. The van der Waals surface area contributed by atoms with Crippen molar-refractivity contribution in [1.29, 1.82) is 0 Å². The van der Waals surface area contributed by atoms with Gasteiger partial charge in [-0.1, -0.05) is 51.3 Å². The molecule has 0 radical (unpaired) electrons. The molecule has 2 heteroatoms. The van der Waals surface area contributed by atoms with Gasteiger partial charge in [-0.3, -0.25) is 0 Å². The van der Waals surface area contributed by atoms with Gasteiger partial charge in [-0.2, -0.15) is 0 Å². The molecular weight excluding hydrogens is 234 g/mol. The van der Waals surface area contributed by atoms with Crippen molar-refractivity contribution >= 4 is 11.0 Å². The van der Waals surface area contributed by atoms with Crippen LogP contribution in [0.5, 0.6) is 0 Å². The maximum Gasteiger partial charge on any atom is 0.137 e. The van der Waals surface area contributed by atoms with Gasteiger partial charge in [0.2, 0.25) is 0 Å². The second-order valence-corrected chi connectivity index (χ2v) is 5.48. The molecule has 0 fully saturated rings. The molecule has 19 heavy (non-hydrogen) atoms. The molecule has 1 aromatic heterocycles. The van der Waals surface area contributed by atoms with Gasteiger partial charge in [-0.25, -0.2) is 0 Å². The molecule has 0 aliphatic heterocycles. The number of benzene rings is 1. The number of hydrogen-bond donors (Lipinski definition) is 1. The van der Waals surface area contributed by atoms with Crippen LogP contribution in [0.1, 0.15) is 56.9 Å². The Labute approximate surface area is 116 Å². The first-order chi connectivity index (χ1) is 9.17. The van der Waals surface area contributed by atoms with Crippen LogP contribution < -0.4 is 5.73 Å².